The Hall–Kier alpha value is -3.65. The maximum absolute atomic E-state index is 12.5. The highest BCUT2D eigenvalue weighted by Gasteiger charge is 2.24. The van der Waals surface area contributed by atoms with Gasteiger partial charge >= 0.3 is 12.1 Å². The Balaban J connectivity index is 1.20. The van der Waals surface area contributed by atoms with Crippen molar-refractivity contribution in [1.29, 1.82) is 0 Å². The topological polar surface area (TPSA) is 98.4 Å². The molecule has 1 saturated heterocycles. The molecule has 8 heteroatoms. The van der Waals surface area contributed by atoms with Crippen molar-refractivity contribution in [3.63, 3.8) is 0 Å². The van der Waals surface area contributed by atoms with E-state index < -0.39 is 0 Å². The second kappa shape index (κ2) is 11.2. The Morgan fingerprint density at radius 1 is 1.03 bits per heavy atom. The summed E-state index contributed by atoms with van der Waals surface area (Å²) in [5, 5.41) is 12.9. The second-order valence-corrected chi connectivity index (χ2v) is 9.34. The standard InChI is InChI=1S/C27H34N6O2/c1-18(2)21-8-4-6-10-23(21)31-27(35)30-20-12-14-33(17-20)15-13-28-26(34)32-25-16-19(3)29-24-11-7-5-9-22(24)25/h4-11,16,18,20H,12-15,17H2,1-3H3,(H2,30,31,35)(H2,28,29,32,34). The first-order chi connectivity index (χ1) is 16.9. The number of amides is 4. The Labute approximate surface area is 206 Å². The molecule has 2 heterocycles. The number of aromatic nitrogens is 1. The van der Waals surface area contributed by atoms with Crippen molar-refractivity contribution in [1.82, 2.24) is 20.5 Å². The molecule has 0 bridgehead atoms. The van der Waals surface area contributed by atoms with Crippen LogP contribution in [0, 0.1) is 6.92 Å². The fourth-order valence-electron chi connectivity index (χ4n) is 4.52. The van der Waals surface area contributed by atoms with Crippen LogP contribution in [-0.2, 0) is 0 Å². The Morgan fingerprint density at radius 3 is 2.60 bits per heavy atom. The predicted molar refractivity (Wildman–Crippen MR) is 141 cm³/mol. The highest BCUT2D eigenvalue weighted by molar-refractivity contribution is 6.00. The number of urea groups is 2. The fraction of sp³-hybridized carbons (Fsp3) is 0.370. The van der Waals surface area contributed by atoms with Crippen molar-refractivity contribution in [3.05, 3.63) is 65.9 Å². The van der Waals surface area contributed by atoms with E-state index in [9.17, 15) is 9.59 Å². The lowest BCUT2D eigenvalue weighted by molar-refractivity contribution is 0.246. The number of nitrogens with one attached hydrogen (secondary N) is 4. The first-order valence-corrected chi connectivity index (χ1v) is 12.2. The molecule has 0 radical (unpaired) electrons. The lowest BCUT2D eigenvalue weighted by Crippen LogP contribution is -2.41. The molecule has 0 spiro atoms. The number of fused-ring (bicyclic) bond motifs is 1. The van der Waals surface area contributed by atoms with Crippen molar-refractivity contribution in [2.75, 3.05) is 36.8 Å². The molecule has 4 rings (SSSR count). The number of anilines is 2. The summed E-state index contributed by atoms with van der Waals surface area (Å²) >= 11 is 0. The number of para-hydroxylation sites is 2. The number of benzene rings is 2. The zero-order valence-electron chi connectivity index (χ0n) is 20.6. The third kappa shape index (κ3) is 6.48. The van der Waals surface area contributed by atoms with Crippen LogP contribution in [-0.4, -0.2) is 54.2 Å². The average Bonchev–Trinajstić information content (AvgIpc) is 3.26. The highest BCUT2D eigenvalue weighted by Crippen LogP contribution is 2.24. The number of carbonyl (C=O) groups excluding carboxylic acids is 2. The molecule has 184 valence electrons. The van der Waals surface area contributed by atoms with Crippen LogP contribution >= 0.6 is 0 Å². The summed E-state index contributed by atoms with van der Waals surface area (Å²) in [6.07, 6.45) is 0.883. The number of nitrogens with zero attached hydrogens (tertiary/aromatic N) is 2. The van der Waals surface area contributed by atoms with E-state index in [1.54, 1.807) is 0 Å². The Kier molecular flexibility index (Phi) is 7.82. The molecule has 35 heavy (non-hydrogen) atoms. The smallest absolute Gasteiger partial charge is 0.319 e. The van der Waals surface area contributed by atoms with Gasteiger partial charge in [-0.25, -0.2) is 9.59 Å². The van der Waals surface area contributed by atoms with Gasteiger partial charge < -0.3 is 21.3 Å². The summed E-state index contributed by atoms with van der Waals surface area (Å²) < 4.78 is 0. The van der Waals surface area contributed by atoms with Crippen molar-refractivity contribution in [3.8, 4) is 0 Å². The summed E-state index contributed by atoms with van der Waals surface area (Å²) in [4.78, 5) is 31.8. The van der Waals surface area contributed by atoms with E-state index in [-0.39, 0.29) is 18.1 Å². The van der Waals surface area contributed by atoms with E-state index in [1.807, 2.05) is 61.5 Å². The van der Waals surface area contributed by atoms with Crippen LogP contribution in [0.4, 0.5) is 21.0 Å². The number of hydrogen-bond donors (Lipinski definition) is 4. The summed E-state index contributed by atoms with van der Waals surface area (Å²) in [6, 6.07) is 17.2. The minimum absolute atomic E-state index is 0.0844. The van der Waals surface area contributed by atoms with Gasteiger partial charge in [-0.1, -0.05) is 50.2 Å². The van der Waals surface area contributed by atoms with Crippen LogP contribution in [0.1, 0.15) is 37.4 Å². The summed E-state index contributed by atoms with van der Waals surface area (Å²) in [5.74, 6) is 0.333. The maximum atomic E-state index is 12.5. The van der Waals surface area contributed by atoms with Crippen molar-refractivity contribution in [2.45, 2.75) is 39.2 Å². The second-order valence-electron chi connectivity index (χ2n) is 9.34. The van der Waals surface area contributed by atoms with Crippen molar-refractivity contribution in [2.24, 2.45) is 0 Å². The molecule has 3 aromatic rings. The van der Waals surface area contributed by atoms with E-state index in [4.69, 9.17) is 0 Å². The average molecular weight is 475 g/mol. The summed E-state index contributed by atoms with van der Waals surface area (Å²) in [7, 11) is 0. The van der Waals surface area contributed by atoms with E-state index >= 15 is 0 Å². The van der Waals surface area contributed by atoms with Gasteiger partial charge in [-0.2, -0.15) is 0 Å². The molecule has 1 aliphatic rings. The predicted octanol–water partition coefficient (Wildman–Crippen LogP) is 4.68. The molecule has 4 amide bonds. The van der Waals surface area contributed by atoms with Gasteiger partial charge in [0.15, 0.2) is 0 Å². The lowest BCUT2D eigenvalue weighted by atomic mass is 10.0. The number of carbonyl (C=O) groups is 2. The van der Waals surface area contributed by atoms with Gasteiger partial charge in [0.25, 0.3) is 0 Å². The number of aryl methyl sites for hydroxylation is 1. The summed E-state index contributed by atoms with van der Waals surface area (Å²) in [6.45, 7) is 9.02. The van der Waals surface area contributed by atoms with Gasteiger partial charge in [-0.05, 0) is 43.0 Å². The zero-order valence-corrected chi connectivity index (χ0v) is 20.6. The molecular weight excluding hydrogens is 440 g/mol. The molecule has 1 atom stereocenters. The minimum atomic E-state index is -0.238. The van der Waals surface area contributed by atoms with Crippen LogP contribution in [0.3, 0.4) is 0 Å². The monoisotopic (exact) mass is 474 g/mol. The van der Waals surface area contributed by atoms with Crippen molar-refractivity contribution < 1.29 is 9.59 Å². The lowest BCUT2D eigenvalue weighted by Gasteiger charge is -2.18. The van der Waals surface area contributed by atoms with E-state index in [0.29, 0.717) is 12.5 Å². The summed E-state index contributed by atoms with van der Waals surface area (Å²) in [5.41, 5.74) is 4.43. The molecule has 1 unspecified atom stereocenters. The van der Waals surface area contributed by atoms with Crippen LogP contribution in [0.25, 0.3) is 10.9 Å². The third-order valence-corrected chi connectivity index (χ3v) is 6.24. The minimum Gasteiger partial charge on any atom is -0.337 e. The van der Waals surface area contributed by atoms with E-state index in [1.165, 1.54) is 0 Å². The molecule has 8 nitrogen and oxygen atoms in total. The number of pyridine rings is 1. The van der Waals surface area contributed by atoms with Gasteiger partial charge in [0, 0.05) is 49.0 Å². The first kappa shape index (κ1) is 24.5. The first-order valence-electron chi connectivity index (χ1n) is 12.2. The Bertz CT molecular complexity index is 1200. The normalized spacial score (nSPS) is 15.8. The molecule has 2 aromatic carbocycles. The number of hydrogen-bond acceptors (Lipinski definition) is 4. The van der Waals surface area contributed by atoms with Gasteiger partial charge in [0.05, 0.1) is 11.2 Å². The molecule has 1 aromatic heterocycles. The number of likely N-dealkylation sites (tertiary alicyclic amines) is 1. The largest absolute Gasteiger partial charge is 0.337 e. The highest BCUT2D eigenvalue weighted by atomic mass is 16.2. The van der Waals surface area contributed by atoms with Gasteiger partial charge in [-0.15, -0.1) is 0 Å². The van der Waals surface area contributed by atoms with Gasteiger partial charge in [0.1, 0.15) is 0 Å². The molecular formula is C27H34N6O2. The van der Waals surface area contributed by atoms with Crippen LogP contribution in [0.15, 0.2) is 54.6 Å². The van der Waals surface area contributed by atoms with E-state index in [2.05, 4.69) is 45.0 Å². The number of rotatable bonds is 7. The van der Waals surface area contributed by atoms with Crippen LogP contribution in [0.2, 0.25) is 0 Å². The van der Waals surface area contributed by atoms with Gasteiger partial charge in [0.2, 0.25) is 0 Å². The fourth-order valence-corrected chi connectivity index (χ4v) is 4.52. The SMILES string of the molecule is Cc1cc(NC(=O)NCCN2CCC(NC(=O)Nc3ccccc3C(C)C)C2)c2ccccc2n1. The quantitative estimate of drug-likeness (QED) is 0.399. The van der Waals surface area contributed by atoms with Gasteiger partial charge in [-0.3, -0.25) is 9.88 Å². The van der Waals surface area contributed by atoms with Crippen LogP contribution in [0.5, 0.6) is 0 Å². The molecule has 0 aliphatic carbocycles. The van der Waals surface area contributed by atoms with Crippen LogP contribution < -0.4 is 21.3 Å². The molecule has 4 N–H and O–H groups in total. The maximum Gasteiger partial charge on any atom is 0.319 e. The Morgan fingerprint density at radius 2 is 1.77 bits per heavy atom. The zero-order chi connectivity index (χ0) is 24.8. The molecule has 1 fully saturated rings. The molecule has 0 saturated carbocycles. The third-order valence-electron chi connectivity index (χ3n) is 6.24. The van der Waals surface area contributed by atoms with E-state index in [0.717, 1.165) is 59.6 Å². The van der Waals surface area contributed by atoms with Crippen molar-refractivity contribution >= 4 is 34.3 Å². The molecule has 1 aliphatic heterocycles.